The van der Waals surface area contributed by atoms with Crippen molar-refractivity contribution in [3.63, 3.8) is 0 Å². The number of halogens is 2. The van der Waals surface area contributed by atoms with E-state index >= 15 is 0 Å². The first kappa shape index (κ1) is 11.6. The maximum Gasteiger partial charge on any atom is 0.254 e. The molecule has 2 rings (SSSR count). The quantitative estimate of drug-likeness (QED) is 0.907. The van der Waals surface area contributed by atoms with E-state index in [1.54, 1.807) is 0 Å². The zero-order chi connectivity index (χ0) is 11.7. The molecule has 1 aliphatic rings. The summed E-state index contributed by atoms with van der Waals surface area (Å²) in [6.45, 7) is 1.99. The monoisotopic (exact) mass is 259 g/mol. The minimum atomic E-state index is -0.249. The maximum atomic E-state index is 11.8. The molecule has 0 aliphatic heterocycles. The molecule has 0 spiro atoms. The number of rotatable bonds is 3. The molecule has 1 aromatic heterocycles. The number of hydrogen-bond acceptors (Lipinski definition) is 3. The highest BCUT2D eigenvalue weighted by Crippen LogP contribution is 2.32. The lowest BCUT2D eigenvalue weighted by Crippen LogP contribution is -2.34. The average molecular weight is 260 g/mol. The molecule has 0 radical (unpaired) electrons. The summed E-state index contributed by atoms with van der Waals surface area (Å²) in [5, 5.41) is 10.3. The molecule has 0 saturated heterocycles. The number of aromatic nitrogens is 2. The number of carbonyl (C=O) groups excluding carboxylic acids is 1. The van der Waals surface area contributed by atoms with Crippen LogP contribution >= 0.6 is 23.2 Å². The van der Waals surface area contributed by atoms with Gasteiger partial charge >= 0.3 is 0 Å². The van der Waals surface area contributed by atoms with Crippen LogP contribution in [0.25, 0.3) is 0 Å². The predicted molar refractivity (Wildman–Crippen MR) is 61.7 cm³/mol. The molecule has 1 fully saturated rings. The number of carbonyl (C=O) groups is 1. The Morgan fingerprint density at radius 3 is 2.81 bits per heavy atom. The van der Waals surface area contributed by atoms with Gasteiger partial charge in [0.1, 0.15) is 0 Å². The Labute approximate surface area is 103 Å². The number of hydrogen-bond donors (Lipinski definition) is 1. The van der Waals surface area contributed by atoms with Crippen molar-refractivity contribution in [2.75, 3.05) is 0 Å². The standard InChI is InChI=1S/C10H11Cl2N3O/c1-5(6-2-3-6)13-10(16)7-4-8(11)14-15-9(7)12/h4-6H,2-3H2,1H3,(H,13,16). The Bertz CT molecular complexity index is 421. The zero-order valence-corrected chi connectivity index (χ0v) is 10.2. The van der Waals surface area contributed by atoms with Gasteiger partial charge in [0.2, 0.25) is 0 Å². The van der Waals surface area contributed by atoms with E-state index in [0.29, 0.717) is 5.92 Å². The molecule has 6 heteroatoms. The van der Waals surface area contributed by atoms with Gasteiger partial charge < -0.3 is 5.32 Å². The van der Waals surface area contributed by atoms with Crippen molar-refractivity contribution in [1.82, 2.24) is 15.5 Å². The maximum absolute atomic E-state index is 11.8. The average Bonchev–Trinajstić information content (AvgIpc) is 3.04. The van der Waals surface area contributed by atoms with Crippen LogP contribution in [0.2, 0.25) is 10.3 Å². The normalized spacial score (nSPS) is 16.9. The van der Waals surface area contributed by atoms with Crippen LogP contribution in [-0.4, -0.2) is 22.1 Å². The Kier molecular flexibility index (Phi) is 3.30. The molecule has 1 saturated carbocycles. The first-order chi connectivity index (χ1) is 7.58. The zero-order valence-electron chi connectivity index (χ0n) is 8.70. The molecule has 1 amide bonds. The van der Waals surface area contributed by atoms with Gasteiger partial charge in [-0.1, -0.05) is 23.2 Å². The van der Waals surface area contributed by atoms with Gasteiger partial charge in [0.05, 0.1) is 5.56 Å². The summed E-state index contributed by atoms with van der Waals surface area (Å²) < 4.78 is 0. The van der Waals surface area contributed by atoms with Gasteiger partial charge in [0.15, 0.2) is 10.3 Å². The fourth-order valence-electron chi connectivity index (χ4n) is 1.51. The molecular weight excluding hydrogens is 249 g/mol. The summed E-state index contributed by atoms with van der Waals surface area (Å²) in [6, 6.07) is 1.58. The molecule has 0 bridgehead atoms. The summed E-state index contributed by atoms with van der Waals surface area (Å²) in [7, 11) is 0. The minimum Gasteiger partial charge on any atom is -0.349 e. The molecule has 1 heterocycles. The molecule has 1 aromatic rings. The molecule has 4 nitrogen and oxygen atoms in total. The molecule has 1 N–H and O–H groups in total. The van der Waals surface area contributed by atoms with E-state index in [1.165, 1.54) is 18.9 Å². The summed E-state index contributed by atoms with van der Waals surface area (Å²) >= 11 is 11.4. The van der Waals surface area contributed by atoms with Crippen molar-refractivity contribution >= 4 is 29.1 Å². The summed E-state index contributed by atoms with van der Waals surface area (Å²) in [5.74, 6) is 0.342. The van der Waals surface area contributed by atoms with E-state index in [-0.39, 0.29) is 27.8 Å². The SMILES string of the molecule is CC(NC(=O)c1cc(Cl)nnc1Cl)C1CC1. The minimum absolute atomic E-state index is 0.0740. The second-order valence-electron chi connectivity index (χ2n) is 3.97. The Hall–Kier alpha value is -0.870. The third-order valence-corrected chi connectivity index (χ3v) is 3.12. The number of nitrogens with zero attached hydrogens (tertiary/aromatic N) is 2. The van der Waals surface area contributed by atoms with Crippen molar-refractivity contribution in [3.8, 4) is 0 Å². The van der Waals surface area contributed by atoms with Crippen LogP contribution in [0.15, 0.2) is 6.07 Å². The van der Waals surface area contributed by atoms with Gasteiger partial charge in [-0.3, -0.25) is 4.79 Å². The third-order valence-electron chi connectivity index (χ3n) is 2.65. The van der Waals surface area contributed by atoms with Crippen molar-refractivity contribution < 1.29 is 4.79 Å². The Morgan fingerprint density at radius 1 is 1.50 bits per heavy atom. The Balaban J connectivity index is 2.10. The van der Waals surface area contributed by atoms with Crippen LogP contribution in [0.3, 0.4) is 0 Å². The third kappa shape index (κ3) is 2.62. The largest absolute Gasteiger partial charge is 0.349 e. The van der Waals surface area contributed by atoms with Crippen LogP contribution < -0.4 is 5.32 Å². The second-order valence-corrected chi connectivity index (χ2v) is 4.72. The first-order valence-corrected chi connectivity index (χ1v) is 5.83. The lowest BCUT2D eigenvalue weighted by atomic mass is 10.2. The smallest absolute Gasteiger partial charge is 0.254 e. The van der Waals surface area contributed by atoms with Crippen LogP contribution in [0.1, 0.15) is 30.1 Å². The van der Waals surface area contributed by atoms with Crippen LogP contribution in [-0.2, 0) is 0 Å². The molecule has 1 atom stereocenters. The molecule has 1 aliphatic carbocycles. The van der Waals surface area contributed by atoms with E-state index in [4.69, 9.17) is 23.2 Å². The van der Waals surface area contributed by atoms with Crippen LogP contribution in [0.4, 0.5) is 0 Å². The lowest BCUT2D eigenvalue weighted by molar-refractivity contribution is 0.0935. The van der Waals surface area contributed by atoms with Crippen molar-refractivity contribution in [2.24, 2.45) is 5.92 Å². The second kappa shape index (κ2) is 4.55. The van der Waals surface area contributed by atoms with Gasteiger partial charge in [0, 0.05) is 6.04 Å². The summed E-state index contributed by atoms with van der Waals surface area (Å²) in [4.78, 5) is 11.8. The predicted octanol–water partition coefficient (Wildman–Crippen LogP) is 2.31. The van der Waals surface area contributed by atoms with Gasteiger partial charge in [0.25, 0.3) is 5.91 Å². The molecule has 0 aromatic carbocycles. The molecule has 16 heavy (non-hydrogen) atoms. The number of nitrogens with one attached hydrogen (secondary N) is 1. The van der Waals surface area contributed by atoms with Gasteiger partial charge in [-0.25, -0.2) is 0 Å². The van der Waals surface area contributed by atoms with Crippen LogP contribution in [0, 0.1) is 5.92 Å². The molecule has 1 unspecified atom stereocenters. The first-order valence-electron chi connectivity index (χ1n) is 5.07. The van der Waals surface area contributed by atoms with Gasteiger partial charge in [-0.05, 0) is 31.7 Å². The van der Waals surface area contributed by atoms with E-state index in [9.17, 15) is 4.79 Å². The fraction of sp³-hybridized carbons (Fsp3) is 0.500. The van der Waals surface area contributed by atoms with E-state index in [2.05, 4.69) is 15.5 Å². The molecular formula is C10H11Cl2N3O. The summed E-state index contributed by atoms with van der Waals surface area (Å²) in [5.41, 5.74) is 0.272. The van der Waals surface area contributed by atoms with E-state index in [1.807, 2.05) is 6.92 Å². The fourth-order valence-corrected chi connectivity index (χ4v) is 1.84. The highest BCUT2D eigenvalue weighted by molar-refractivity contribution is 6.34. The number of amides is 1. The molecule has 86 valence electrons. The topological polar surface area (TPSA) is 54.9 Å². The van der Waals surface area contributed by atoms with E-state index in [0.717, 1.165) is 0 Å². The van der Waals surface area contributed by atoms with Crippen molar-refractivity contribution in [2.45, 2.75) is 25.8 Å². The van der Waals surface area contributed by atoms with E-state index < -0.39 is 0 Å². The van der Waals surface area contributed by atoms with Crippen LogP contribution in [0.5, 0.6) is 0 Å². The lowest BCUT2D eigenvalue weighted by Gasteiger charge is -2.12. The highest BCUT2D eigenvalue weighted by atomic mass is 35.5. The summed E-state index contributed by atoms with van der Waals surface area (Å²) in [6.07, 6.45) is 2.34. The Morgan fingerprint density at radius 2 is 2.19 bits per heavy atom. The van der Waals surface area contributed by atoms with Crippen molar-refractivity contribution in [3.05, 3.63) is 21.9 Å². The van der Waals surface area contributed by atoms with Gasteiger partial charge in [-0.15, -0.1) is 10.2 Å². The highest BCUT2D eigenvalue weighted by Gasteiger charge is 2.29. The van der Waals surface area contributed by atoms with Crippen molar-refractivity contribution in [1.29, 1.82) is 0 Å². The van der Waals surface area contributed by atoms with Gasteiger partial charge in [-0.2, -0.15) is 0 Å².